The van der Waals surface area contributed by atoms with Crippen LogP contribution in [0.15, 0.2) is 93.6 Å². The lowest BCUT2D eigenvalue weighted by molar-refractivity contribution is -0.385. The summed E-state index contributed by atoms with van der Waals surface area (Å²) in [5.41, 5.74) is 1.33. The monoisotopic (exact) mass is 347 g/mol. The molecule has 128 valence electrons. The number of azo groups is 2. The third kappa shape index (κ3) is 4.57. The zero-order valence-electron chi connectivity index (χ0n) is 13.5. The van der Waals surface area contributed by atoms with Gasteiger partial charge >= 0.3 is 0 Å². The van der Waals surface area contributed by atoms with E-state index in [1.54, 1.807) is 24.5 Å². The van der Waals surface area contributed by atoms with Gasteiger partial charge in [0.15, 0.2) is 5.82 Å². The van der Waals surface area contributed by atoms with Gasteiger partial charge in [0.25, 0.3) is 5.69 Å². The molecule has 0 aliphatic rings. The van der Waals surface area contributed by atoms with Gasteiger partial charge in [0, 0.05) is 24.0 Å². The fraction of sp³-hybridized carbons (Fsp3) is 0.0588. The summed E-state index contributed by atoms with van der Waals surface area (Å²) in [4.78, 5) is 18.0. The Balaban J connectivity index is 1.83. The molecule has 0 fully saturated rings. The first kappa shape index (κ1) is 17.0. The highest BCUT2D eigenvalue weighted by Crippen LogP contribution is 2.24. The molecule has 9 heteroatoms. The summed E-state index contributed by atoms with van der Waals surface area (Å²) >= 11 is 0. The zero-order chi connectivity index (χ0) is 18.2. The molecule has 0 aliphatic carbocycles. The summed E-state index contributed by atoms with van der Waals surface area (Å²) in [7, 11) is 0. The highest BCUT2D eigenvalue weighted by molar-refractivity contribution is 5.36. The van der Waals surface area contributed by atoms with Crippen LogP contribution in [-0.2, 0) is 0 Å². The summed E-state index contributed by atoms with van der Waals surface area (Å²) < 4.78 is 0. The average Bonchev–Trinajstić information content (AvgIpc) is 2.70. The second-order valence-corrected chi connectivity index (χ2v) is 5.05. The van der Waals surface area contributed by atoms with E-state index in [1.807, 2.05) is 30.3 Å². The molecular formula is C17H13N7O2. The molecule has 1 atom stereocenters. The van der Waals surface area contributed by atoms with Crippen molar-refractivity contribution in [2.45, 2.75) is 6.17 Å². The summed E-state index contributed by atoms with van der Waals surface area (Å²) in [6.45, 7) is 0. The highest BCUT2D eigenvalue weighted by atomic mass is 16.6. The molecule has 1 aromatic carbocycles. The van der Waals surface area contributed by atoms with E-state index in [2.05, 4.69) is 30.4 Å². The molecule has 26 heavy (non-hydrogen) atoms. The van der Waals surface area contributed by atoms with E-state index in [9.17, 15) is 10.1 Å². The van der Waals surface area contributed by atoms with E-state index in [1.165, 1.54) is 12.1 Å². The van der Waals surface area contributed by atoms with Gasteiger partial charge in [-0.3, -0.25) is 15.1 Å². The molecule has 0 aliphatic heterocycles. The first-order chi connectivity index (χ1) is 12.7. The maximum absolute atomic E-state index is 10.7. The number of nitrogens with zero attached hydrogens (tertiary/aromatic N) is 7. The molecule has 2 heterocycles. The Morgan fingerprint density at radius 2 is 1.65 bits per heavy atom. The van der Waals surface area contributed by atoms with Crippen molar-refractivity contribution in [3.63, 3.8) is 0 Å². The van der Waals surface area contributed by atoms with Crippen molar-refractivity contribution in [2.24, 2.45) is 20.5 Å². The van der Waals surface area contributed by atoms with E-state index in [4.69, 9.17) is 0 Å². The minimum atomic E-state index is -0.685. The quantitative estimate of drug-likeness (QED) is 0.356. The van der Waals surface area contributed by atoms with Crippen molar-refractivity contribution in [1.29, 1.82) is 0 Å². The first-order valence-electron chi connectivity index (χ1n) is 7.59. The Morgan fingerprint density at radius 3 is 2.31 bits per heavy atom. The molecule has 0 spiro atoms. The predicted octanol–water partition coefficient (Wildman–Crippen LogP) is 4.95. The van der Waals surface area contributed by atoms with Crippen LogP contribution in [0.5, 0.6) is 0 Å². The molecule has 0 radical (unpaired) electrons. The molecule has 0 N–H and O–H groups in total. The molecule has 0 amide bonds. The lowest BCUT2D eigenvalue weighted by Crippen LogP contribution is -1.91. The lowest BCUT2D eigenvalue weighted by Gasteiger charge is -2.04. The van der Waals surface area contributed by atoms with Gasteiger partial charge in [-0.25, -0.2) is 4.98 Å². The summed E-state index contributed by atoms with van der Waals surface area (Å²) in [6, 6.07) is 15.5. The van der Waals surface area contributed by atoms with Crippen molar-refractivity contribution in [3.8, 4) is 0 Å². The van der Waals surface area contributed by atoms with Crippen molar-refractivity contribution in [2.75, 3.05) is 0 Å². The fourth-order valence-electron chi connectivity index (χ4n) is 1.97. The van der Waals surface area contributed by atoms with Gasteiger partial charge in [-0.1, -0.05) is 18.2 Å². The lowest BCUT2D eigenvalue weighted by atomic mass is 10.2. The molecule has 2 aromatic heterocycles. The number of hydrogen-bond donors (Lipinski definition) is 0. The molecule has 3 aromatic rings. The molecule has 0 saturated carbocycles. The number of rotatable bonds is 6. The minimum Gasteiger partial charge on any atom is -0.265 e. The smallest absolute Gasteiger partial charge is 0.265 e. The summed E-state index contributed by atoms with van der Waals surface area (Å²) in [6.07, 6.45) is 3.69. The van der Waals surface area contributed by atoms with Gasteiger partial charge in [0.05, 0.1) is 10.6 Å². The third-order valence-electron chi connectivity index (χ3n) is 3.26. The second kappa shape index (κ2) is 8.29. The Labute approximate surface area is 148 Å². The molecule has 3 rings (SSSR count). The van der Waals surface area contributed by atoms with Gasteiger partial charge in [0.1, 0.15) is 6.20 Å². The van der Waals surface area contributed by atoms with Crippen molar-refractivity contribution >= 4 is 17.2 Å². The maximum atomic E-state index is 10.7. The third-order valence-corrected chi connectivity index (χ3v) is 3.26. The van der Waals surface area contributed by atoms with Gasteiger partial charge in [-0.2, -0.15) is 15.3 Å². The van der Waals surface area contributed by atoms with Crippen LogP contribution < -0.4 is 0 Å². The Kier molecular flexibility index (Phi) is 5.41. The standard InChI is InChI=1S/C17H13N7O2/c25-24(26)15-6-7-16(19-12-15)21-23-17(13-8-10-18-11-9-13)22-20-14-4-2-1-3-5-14/h1-12,17H. The van der Waals surface area contributed by atoms with Crippen LogP contribution in [-0.4, -0.2) is 14.9 Å². The van der Waals surface area contributed by atoms with Crippen LogP contribution in [0.2, 0.25) is 0 Å². The molecule has 0 bridgehead atoms. The molecule has 0 saturated heterocycles. The number of aromatic nitrogens is 2. The Bertz CT molecular complexity index is 913. The summed E-state index contributed by atoms with van der Waals surface area (Å²) in [5.74, 6) is 0.240. The van der Waals surface area contributed by atoms with Crippen LogP contribution in [0.1, 0.15) is 11.7 Å². The fourth-order valence-corrected chi connectivity index (χ4v) is 1.97. The number of pyridine rings is 2. The largest absolute Gasteiger partial charge is 0.287 e. The van der Waals surface area contributed by atoms with Gasteiger partial charge in [-0.15, -0.1) is 5.11 Å². The number of hydrogen-bond acceptors (Lipinski definition) is 8. The van der Waals surface area contributed by atoms with Crippen LogP contribution >= 0.6 is 0 Å². The van der Waals surface area contributed by atoms with Crippen LogP contribution in [0, 0.1) is 10.1 Å². The zero-order valence-corrected chi connectivity index (χ0v) is 13.5. The van der Waals surface area contributed by atoms with Crippen LogP contribution in [0.4, 0.5) is 17.2 Å². The minimum absolute atomic E-state index is 0.113. The predicted molar refractivity (Wildman–Crippen MR) is 93.3 cm³/mol. The van der Waals surface area contributed by atoms with Crippen molar-refractivity contribution in [1.82, 2.24) is 9.97 Å². The number of nitro groups is 1. The van der Waals surface area contributed by atoms with Crippen molar-refractivity contribution in [3.05, 3.63) is 88.9 Å². The molecular weight excluding hydrogens is 334 g/mol. The Morgan fingerprint density at radius 1 is 0.923 bits per heavy atom. The van der Waals surface area contributed by atoms with Gasteiger partial charge in [0.2, 0.25) is 6.17 Å². The van der Waals surface area contributed by atoms with Gasteiger partial charge < -0.3 is 0 Å². The highest BCUT2D eigenvalue weighted by Gasteiger charge is 2.10. The van der Waals surface area contributed by atoms with E-state index in [-0.39, 0.29) is 11.5 Å². The topological polar surface area (TPSA) is 118 Å². The van der Waals surface area contributed by atoms with E-state index < -0.39 is 11.1 Å². The Hall–Kier alpha value is -3.88. The SMILES string of the molecule is O=[N+]([O-])c1ccc(N=NC(N=Nc2ccccc2)c2ccncc2)nc1. The maximum Gasteiger partial charge on any atom is 0.287 e. The van der Waals surface area contributed by atoms with Crippen LogP contribution in [0.25, 0.3) is 0 Å². The van der Waals surface area contributed by atoms with E-state index in [0.717, 1.165) is 11.8 Å². The van der Waals surface area contributed by atoms with E-state index in [0.29, 0.717) is 5.69 Å². The van der Waals surface area contributed by atoms with E-state index >= 15 is 0 Å². The second-order valence-electron chi connectivity index (χ2n) is 5.05. The van der Waals surface area contributed by atoms with Gasteiger partial charge in [-0.05, 0) is 30.3 Å². The summed E-state index contributed by atoms with van der Waals surface area (Å²) in [5, 5.41) is 27.2. The number of benzene rings is 1. The van der Waals surface area contributed by atoms with Crippen LogP contribution in [0.3, 0.4) is 0 Å². The molecule has 9 nitrogen and oxygen atoms in total. The normalized spacial score (nSPS) is 12.5. The molecule has 1 unspecified atom stereocenters. The first-order valence-corrected chi connectivity index (χ1v) is 7.59. The average molecular weight is 347 g/mol. The van der Waals surface area contributed by atoms with Crippen molar-refractivity contribution < 1.29 is 4.92 Å².